The number of ether oxygens (including phenoxy) is 2. The third kappa shape index (κ3) is 5.30. The standard InChI is InChI=1S/C31H23ClN2O4S/c1-3-18-38-24-13-9-8-12-22(24)19-25-29(35)34-28(21-14-16-23(32)17-15-21)26(30(36)37-4-2)27(33-31(34)39-25)20-10-6-5-7-11-20/h1,5-17,19,28H,4,18H2,2H3/b25-19-/t28-/m0/s1. The summed E-state index contributed by atoms with van der Waals surface area (Å²) in [6, 6.07) is 23.0. The molecule has 2 heterocycles. The fourth-order valence-corrected chi connectivity index (χ4v) is 5.51. The lowest BCUT2D eigenvalue weighted by Crippen LogP contribution is -2.40. The molecule has 0 spiro atoms. The molecular formula is C31H23ClN2O4S. The normalized spacial score (nSPS) is 14.8. The Labute approximate surface area is 234 Å². The largest absolute Gasteiger partial charge is 0.480 e. The number of carbonyl (C=O) groups is 1. The Kier molecular flexibility index (Phi) is 7.78. The summed E-state index contributed by atoms with van der Waals surface area (Å²) in [4.78, 5) is 32.8. The van der Waals surface area contributed by atoms with Crippen molar-refractivity contribution in [2.75, 3.05) is 13.2 Å². The maximum atomic E-state index is 14.0. The maximum Gasteiger partial charge on any atom is 0.338 e. The molecule has 0 N–H and O–H groups in total. The SMILES string of the molecule is C#CCOc1ccccc1/C=c1\sc2n(c1=O)[C@@H](c1ccc(Cl)cc1)C(C(=O)OCC)=C(c1ccccc1)N=2. The average Bonchev–Trinajstić information content (AvgIpc) is 3.27. The van der Waals surface area contributed by atoms with Gasteiger partial charge in [-0.15, -0.1) is 6.42 Å². The summed E-state index contributed by atoms with van der Waals surface area (Å²) >= 11 is 7.42. The minimum atomic E-state index is -0.775. The Morgan fingerprint density at radius 2 is 1.82 bits per heavy atom. The van der Waals surface area contributed by atoms with Crippen LogP contribution in [0.2, 0.25) is 5.02 Å². The van der Waals surface area contributed by atoms with Gasteiger partial charge in [0, 0.05) is 16.1 Å². The summed E-state index contributed by atoms with van der Waals surface area (Å²) < 4.78 is 13.1. The topological polar surface area (TPSA) is 69.9 Å². The number of aromatic nitrogens is 1. The van der Waals surface area contributed by atoms with Crippen molar-refractivity contribution in [1.82, 2.24) is 4.57 Å². The van der Waals surface area contributed by atoms with Crippen LogP contribution in [0.15, 0.2) is 94.2 Å². The molecule has 8 heteroatoms. The molecule has 1 aliphatic rings. The van der Waals surface area contributed by atoms with Gasteiger partial charge in [0.1, 0.15) is 12.4 Å². The van der Waals surface area contributed by atoms with E-state index < -0.39 is 12.0 Å². The number of hydrogen-bond acceptors (Lipinski definition) is 6. The van der Waals surface area contributed by atoms with Crippen molar-refractivity contribution in [3.63, 3.8) is 0 Å². The lowest BCUT2D eigenvalue weighted by molar-refractivity contribution is -0.138. The molecule has 194 valence electrons. The fourth-order valence-electron chi connectivity index (χ4n) is 4.39. The van der Waals surface area contributed by atoms with Gasteiger partial charge in [-0.05, 0) is 36.8 Å². The molecule has 0 amide bonds. The van der Waals surface area contributed by atoms with Crippen molar-refractivity contribution in [1.29, 1.82) is 0 Å². The molecule has 1 atom stereocenters. The number of para-hydroxylation sites is 1. The highest BCUT2D eigenvalue weighted by atomic mass is 35.5. The third-order valence-electron chi connectivity index (χ3n) is 6.08. The molecule has 0 saturated carbocycles. The molecule has 0 saturated heterocycles. The summed E-state index contributed by atoms with van der Waals surface area (Å²) in [5, 5.41) is 0.541. The lowest BCUT2D eigenvalue weighted by Gasteiger charge is -2.25. The van der Waals surface area contributed by atoms with Gasteiger partial charge in [0.2, 0.25) is 0 Å². The van der Waals surface area contributed by atoms with Gasteiger partial charge in [0.25, 0.3) is 5.56 Å². The summed E-state index contributed by atoms with van der Waals surface area (Å²) in [6.07, 6.45) is 7.12. The van der Waals surface area contributed by atoms with Crippen molar-refractivity contribution < 1.29 is 14.3 Å². The van der Waals surface area contributed by atoms with Crippen molar-refractivity contribution >= 4 is 40.7 Å². The first-order chi connectivity index (χ1) is 19.0. The third-order valence-corrected chi connectivity index (χ3v) is 7.31. The Balaban J connectivity index is 1.80. The monoisotopic (exact) mass is 554 g/mol. The summed E-state index contributed by atoms with van der Waals surface area (Å²) in [5.41, 5.74) is 2.59. The second-order valence-corrected chi connectivity index (χ2v) is 9.96. The zero-order chi connectivity index (χ0) is 27.4. The highest BCUT2D eigenvalue weighted by Crippen LogP contribution is 2.35. The van der Waals surface area contributed by atoms with E-state index in [0.29, 0.717) is 36.9 Å². The van der Waals surface area contributed by atoms with Gasteiger partial charge >= 0.3 is 5.97 Å². The van der Waals surface area contributed by atoms with Gasteiger partial charge in [-0.2, -0.15) is 0 Å². The summed E-state index contributed by atoms with van der Waals surface area (Å²) in [6.45, 7) is 2.02. The van der Waals surface area contributed by atoms with Crippen LogP contribution in [0.3, 0.4) is 0 Å². The first-order valence-corrected chi connectivity index (χ1v) is 13.4. The molecule has 3 aromatic carbocycles. The molecule has 1 aromatic heterocycles. The number of fused-ring (bicyclic) bond motifs is 1. The van der Waals surface area contributed by atoms with E-state index in [1.807, 2.05) is 48.5 Å². The van der Waals surface area contributed by atoms with Gasteiger partial charge in [0.05, 0.1) is 28.5 Å². The van der Waals surface area contributed by atoms with Gasteiger partial charge < -0.3 is 9.47 Å². The number of thiazole rings is 1. The Morgan fingerprint density at radius 1 is 1.10 bits per heavy atom. The number of benzene rings is 3. The predicted octanol–water partition coefficient (Wildman–Crippen LogP) is 4.60. The van der Waals surface area contributed by atoms with Gasteiger partial charge in [-0.1, -0.05) is 89.5 Å². The van der Waals surface area contributed by atoms with Crippen molar-refractivity contribution in [3.8, 4) is 18.1 Å². The van der Waals surface area contributed by atoms with E-state index in [4.69, 9.17) is 32.5 Å². The van der Waals surface area contributed by atoms with Crippen molar-refractivity contribution in [3.05, 3.63) is 126 Å². The van der Waals surface area contributed by atoms with E-state index in [0.717, 1.165) is 5.56 Å². The van der Waals surface area contributed by atoms with Crippen LogP contribution in [0.4, 0.5) is 0 Å². The molecule has 0 aliphatic carbocycles. The molecule has 5 rings (SSSR count). The minimum absolute atomic E-state index is 0.103. The number of esters is 1. The number of rotatable bonds is 7. The molecule has 1 aliphatic heterocycles. The number of nitrogens with zero attached hydrogens (tertiary/aromatic N) is 2. The quantitative estimate of drug-likeness (QED) is 0.247. The molecule has 4 aromatic rings. The van der Waals surface area contributed by atoms with Crippen LogP contribution in [0.5, 0.6) is 5.75 Å². The Hall–Kier alpha value is -4.38. The number of halogens is 1. The number of hydrogen-bond donors (Lipinski definition) is 0. The molecule has 6 nitrogen and oxygen atoms in total. The van der Waals surface area contributed by atoms with E-state index in [1.165, 1.54) is 11.3 Å². The van der Waals surface area contributed by atoms with Crippen LogP contribution in [-0.2, 0) is 9.53 Å². The molecular weight excluding hydrogens is 532 g/mol. The van der Waals surface area contributed by atoms with Crippen LogP contribution in [0.1, 0.15) is 29.7 Å². The van der Waals surface area contributed by atoms with Crippen LogP contribution < -0.4 is 19.6 Å². The van der Waals surface area contributed by atoms with Crippen molar-refractivity contribution in [2.45, 2.75) is 13.0 Å². The average molecular weight is 555 g/mol. The first kappa shape index (κ1) is 26.2. The van der Waals surface area contributed by atoms with E-state index in [9.17, 15) is 9.59 Å². The molecule has 0 bridgehead atoms. The number of carbonyl (C=O) groups excluding carboxylic acids is 1. The van der Waals surface area contributed by atoms with Crippen LogP contribution in [0, 0.1) is 12.3 Å². The van der Waals surface area contributed by atoms with Gasteiger partial charge in [-0.3, -0.25) is 9.36 Å². The minimum Gasteiger partial charge on any atom is -0.480 e. The first-order valence-electron chi connectivity index (χ1n) is 12.2. The van der Waals surface area contributed by atoms with E-state index in [1.54, 1.807) is 47.9 Å². The van der Waals surface area contributed by atoms with Crippen LogP contribution in [-0.4, -0.2) is 23.8 Å². The Bertz CT molecular complexity index is 1780. The zero-order valence-electron chi connectivity index (χ0n) is 21.0. The zero-order valence-corrected chi connectivity index (χ0v) is 22.5. The van der Waals surface area contributed by atoms with Crippen LogP contribution in [0.25, 0.3) is 11.8 Å². The lowest BCUT2D eigenvalue weighted by atomic mass is 9.93. The van der Waals surface area contributed by atoms with Crippen LogP contribution >= 0.6 is 22.9 Å². The highest BCUT2D eigenvalue weighted by molar-refractivity contribution is 7.07. The van der Waals surface area contributed by atoms with Gasteiger partial charge in [-0.25, -0.2) is 9.79 Å². The summed E-state index contributed by atoms with van der Waals surface area (Å²) in [7, 11) is 0. The highest BCUT2D eigenvalue weighted by Gasteiger charge is 2.35. The van der Waals surface area contributed by atoms with Gasteiger partial charge in [0.15, 0.2) is 4.80 Å². The van der Waals surface area contributed by atoms with E-state index >= 15 is 0 Å². The maximum absolute atomic E-state index is 14.0. The molecule has 0 unspecified atom stereocenters. The van der Waals surface area contributed by atoms with E-state index in [2.05, 4.69) is 5.92 Å². The second-order valence-electron chi connectivity index (χ2n) is 8.51. The fraction of sp³-hybridized carbons (Fsp3) is 0.129. The smallest absolute Gasteiger partial charge is 0.338 e. The molecule has 39 heavy (non-hydrogen) atoms. The molecule has 0 fully saturated rings. The molecule has 0 radical (unpaired) electrons. The summed E-state index contributed by atoms with van der Waals surface area (Å²) in [5.74, 6) is 2.48. The van der Waals surface area contributed by atoms with E-state index in [-0.39, 0.29) is 24.3 Å². The Morgan fingerprint density at radius 3 is 2.54 bits per heavy atom. The van der Waals surface area contributed by atoms with Crippen molar-refractivity contribution in [2.24, 2.45) is 4.99 Å². The predicted molar refractivity (Wildman–Crippen MR) is 153 cm³/mol. The number of terminal acetylenes is 1. The second kappa shape index (κ2) is 11.6.